The molecule has 0 bridgehead atoms. The van der Waals surface area contributed by atoms with Gasteiger partial charge in [0.05, 0.1) is 40.6 Å². The molecular formula is C26H28ClN5O6. The van der Waals surface area contributed by atoms with Crippen molar-refractivity contribution in [2.75, 3.05) is 32.8 Å². The maximum absolute atomic E-state index is 10.8. The fourth-order valence-electron chi connectivity index (χ4n) is 3.52. The molecule has 2 heterocycles. The van der Waals surface area contributed by atoms with Crippen LogP contribution in [0.5, 0.6) is 11.5 Å². The van der Waals surface area contributed by atoms with E-state index in [-0.39, 0.29) is 17.7 Å². The molecule has 4 rings (SSSR count). The Labute approximate surface area is 224 Å². The number of carbonyl (C=O) groups is 1. The quantitative estimate of drug-likeness (QED) is 0.136. The Hall–Kier alpha value is -3.93. The van der Waals surface area contributed by atoms with Gasteiger partial charge < -0.3 is 23.8 Å². The van der Waals surface area contributed by atoms with E-state index in [1.807, 2.05) is 48.5 Å². The molecule has 1 N–H and O–H groups in total. The second-order valence-electron chi connectivity index (χ2n) is 8.12. The first-order valence-electron chi connectivity index (χ1n) is 11.8. The van der Waals surface area contributed by atoms with Gasteiger partial charge in [0.1, 0.15) is 23.3 Å². The fourth-order valence-corrected chi connectivity index (χ4v) is 3.74. The van der Waals surface area contributed by atoms with Crippen molar-refractivity contribution in [1.82, 2.24) is 19.7 Å². The van der Waals surface area contributed by atoms with Gasteiger partial charge in [-0.25, -0.2) is 4.98 Å². The number of hydrogen-bond donors (Lipinski definition) is 1. The summed E-state index contributed by atoms with van der Waals surface area (Å²) >= 11 is 6.20. The van der Waals surface area contributed by atoms with Crippen LogP contribution in [0.4, 0.5) is 5.95 Å². The van der Waals surface area contributed by atoms with Crippen LogP contribution in [0.25, 0.3) is 11.2 Å². The van der Waals surface area contributed by atoms with E-state index in [0.717, 1.165) is 22.6 Å². The number of halogens is 1. The summed E-state index contributed by atoms with van der Waals surface area (Å²) in [6.45, 7) is 1.53. The van der Waals surface area contributed by atoms with Crippen LogP contribution in [0.3, 0.4) is 0 Å². The molecule has 0 saturated carbocycles. The molecule has 0 aliphatic rings. The maximum atomic E-state index is 10.8. The monoisotopic (exact) mass is 541 g/mol. The molecule has 1 atom stereocenters. The van der Waals surface area contributed by atoms with E-state index in [9.17, 15) is 4.79 Å². The number of nitrogens with zero attached hydrogens (tertiary/aromatic N) is 4. The van der Waals surface area contributed by atoms with E-state index in [2.05, 4.69) is 20.3 Å². The van der Waals surface area contributed by atoms with E-state index in [0.29, 0.717) is 43.8 Å². The first kappa shape index (κ1) is 27.1. The topological polar surface area (TPSA) is 119 Å². The molecule has 0 saturated heterocycles. The van der Waals surface area contributed by atoms with Gasteiger partial charge in [-0.1, -0.05) is 35.9 Å². The second kappa shape index (κ2) is 13.6. The Balaban J connectivity index is 1.40. The molecular weight excluding hydrogens is 514 g/mol. The van der Waals surface area contributed by atoms with Crippen molar-refractivity contribution in [3.8, 4) is 11.5 Å². The summed E-state index contributed by atoms with van der Waals surface area (Å²) in [5.41, 5.74) is 2.68. The van der Waals surface area contributed by atoms with Gasteiger partial charge in [-0.2, -0.15) is 14.7 Å². The first-order chi connectivity index (χ1) is 18.6. The number of hydrogen-bond acceptors (Lipinski definition) is 9. The molecule has 38 heavy (non-hydrogen) atoms. The van der Waals surface area contributed by atoms with Crippen LogP contribution < -0.4 is 19.6 Å². The lowest BCUT2D eigenvalue weighted by atomic mass is 10.2. The van der Waals surface area contributed by atoms with Crippen molar-refractivity contribution in [2.24, 2.45) is 0 Å². The molecule has 0 radical (unpaired) electrons. The van der Waals surface area contributed by atoms with Crippen LogP contribution in [0.1, 0.15) is 17.5 Å². The minimum absolute atomic E-state index is 0.0398. The molecule has 0 aliphatic carbocycles. The highest BCUT2D eigenvalue weighted by molar-refractivity contribution is 6.33. The zero-order valence-electron chi connectivity index (χ0n) is 21.0. The minimum atomic E-state index is -0.405. The van der Waals surface area contributed by atoms with Crippen LogP contribution in [-0.4, -0.2) is 59.6 Å². The Kier molecular flexibility index (Phi) is 9.68. The molecule has 0 spiro atoms. The van der Waals surface area contributed by atoms with Crippen molar-refractivity contribution in [2.45, 2.75) is 25.7 Å². The summed E-state index contributed by atoms with van der Waals surface area (Å²) in [4.78, 5) is 29.5. The third-order valence-electron chi connectivity index (χ3n) is 5.52. The third kappa shape index (κ3) is 7.31. The number of benzene rings is 2. The van der Waals surface area contributed by atoms with Crippen LogP contribution >= 0.6 is 11.6 Å². The third-order valence-corrected chi connectivity index (χ3v) is 5.78. The fraction of sp³-hybridized carbons (Fsp3) is 0.308. The molecule has 11 nitrogen and oxygen atoms in total. The zero-order chi connectivity index (χ0) is 26.7. The molecule has 1 unspecified atom stereocenters. The normalized spacial score (nSPS) is 11.8. The minimum Gasteiger partial charge on any atom is -0.497 e. The van der Waals surface area contributed by atoms with Crippen molar-refractivity contribution < 1.29 is 28.6 Å². The molecule has 200 valence electrons. The number of carbonyl (C=O) groups excluding carboxylic acids is 1. The predicted octanol–water partition coefficient (Wildman–Crippen LogP) is 3.69. The molecule has 4 aromatic rings. The van der Waals surface area contributed by atoms with Crippen molar-refractivity contribution in [1.29, 1.82) is 0 Å². The Morgan fingerprint density at radius 2 is 1.58 bits per heavy atom. The summed E-state index contributed by atoms with van der Waals surface area (Å²) < 4.78 is 23.6. The number of rotatable bonds is 15. The second-order valence-corrected chi connectivity index (χ2v) is 8.48. The summed E-state index contributed by atoms with van der Waals surface area (Å²) in [6, 6.07) is 15.3. The van der Waals surface area contributed by atoms with Gasteiger partial charge in [-0.3, -0.25) is 10.1 Å². The van der Waals surface area contributed by atoms with E-state index in [4.69, 9.17) is 35.4 Å². The lowest BCUT2D eigenvalue weighted by Gasteiger charge is -2.19. The standard InChI is InChI=1S/C26H28ClN5O6/c1-34-20-7-3-18(4-8-20)13-36-12-11-22(15-37-14-19-5-9-21(35-2)10-6-19)38-32-16-28-23-24(27)30-26(29-17-33)31-25(23)32/h3-10,16-17,22H,11-15H2,1-2H3,(H,29,30,31,33). The highest BCUT2D eigenvalue weighted by Crippen LogP contribution is 2.20. The van der Waals surface area contributed by atoms with Crippen LogP contribution in [0.15, 0.2) is 54.9 Å². The van der Waals surface area contributed by atoms with Gasteiger partial charge >= 0.3 is 0 Å². The van der Waals surface area contributed by atoms with Gasteiger partial charge in [-0.05, 0) is 35.4 Å². The number of methoxy groups -OCH3 is 2. The average Bonchev–Trinajstić information content (AvgIpc) is 3.34. The van der Waals surface area contributed by atoms with Crippen molar-refractivity contribution in [3.05, 3.63) is 71.1 Å². The van der Waals surface area contributed by atoms with E-state index in [1.54, 1.807) is 14.2 Å². The van der Waals surface area contributed by atoms with Gasteiger partial charge in [0, 0.05) is 6.42 Å². The van der Waals surface area contributed by atoms with E-state index >= 15 is 0 Å². The lowest BCUT2D eigenvalue weighted by molar-refractivity contribution is -0.105. The average molecular weight is 542 g/mol. The van der Waals surface area contributed by atoms with Crippen molar-refractivity contribution >= 4 is 35.1 Å². The Morgan fingerprint density at radius 1 is 0.947 bits per heavy atom. The Morgan fingerprint density at radius 3 is 2.18 bits per heavy atom. The summed E-state index contributed by atoms with van der Waals surface area (Å²) in [5, 5.41) is 2.48. The number of fused-ring (bicyclic) bond motifs is 1. The van der Waals surface area contributed by atoms with Gasteiger partial charge in [0.15, 0.2) is 11.3 Å². The van der Waals surface area contributed by atoms with Crippen LogP contribution in [0, 0.1) is 0 Å². The smallest absolute Gasteiger partial charge is 0.232 e. The number of imidazole rings is 1. The van der Waals surface area contributed by atoms with E-state index in [1.165, 1.54) is 11.1 Å². The number of nitrogens with one attached hydrogen (secondary N) is 1. The van der Waals surface area contributed by atoms with Crippen LogP contribution in [-0.2, 0) is 27.5 Å². The van der Waals surface area contributed by atoms with E-state index < -0.39 is 6.10 Å². The van der Waals surface area contributed by atoms with Crippen LogP contribution in [0.2, 0.25) is 5.15 Å². The summed E-state index contributed by atoms with van der Waals surface area (Å²) in [7, 11) is 3.26. The van der Waals surface area contributed by atoms with Crippen molar-refractivity contribution in [3.63, 3.8) is 0 Å². The first-order valence-corrected chi connectivity index (χ1v) is 12.2. The van der Waals surface area contributed by atoms with Gasteiger partial charge in [0.25, 0.3) is 0 Å². The predicted molar refractivity (Wildman–Crippen MR) is 140 cm³/mol. The highest BCUT2D eigenvalue weighted by atomic mass is 35.5. The lowest BCUT2D eigenvalue weighted by Crippen LogP contribution is -2.31. The van der Waals surface area contributed by atoms with Gasteiger partial charge in [0.2, 0.25) is 18.0 Å². The molecule has 12 heteroatoms. The largest absolute Gasteiger partial charge is 0.497 e. The Bertz CT molecular complexity index is 1320. The molecule has 2 aromatic heterocycles. The molecule has 0 aliphatic heterocycles. The SMILES string of the molecule is COc1ccc(COCCC(COCc2ccc(OC)cc2)On2cnc3c(Cl)nc(NC=O)nc32)cc1. The number of aromatic nitrogens is 4. The van der Waals surface area contributed by atoms with Gasteiger partial charge in [-0.15, -0.1) is 0 Å². The number of amides is 1. The highest BCUT2D eigenvalue weighted by Gasteiger charge is 2.17. The summed E-state index contributed by atoms with van der Waals surface area (Å²) in [6.07, 6.45) is 2.04. The molecule has 0 fully saturated rings. The number of anilines is 1. The zero-order valence-corrected chi connectivity index (χ0v) is 21.8. The summed E-state index contributed by atoms with van der Waals surface area (Å²) in [5.74, 6) is 1.61. The maximum Gasteiger partial charge on any atom is 0.232 e. The number of ether oxygens (including phenoxy) is 4. The molecule has 1 amide bonds. The molecule has 2 aromatic carbocycles.